The first-order chi connectivity index (χ1) is 6.61. The fourth-order valence-corrected chi connectivity index (χ4v) is 2.14. The van der Waals surface area contributed by atoms with Crippen LogP contribution in [0.15, 0.2) is 0 Å². The number of likely N-dealkylation sites (N-methyl/N-ethyl adjacent to an activating group) is 3. The van der Waals surface area contributed by atoms with Gasteiger partial charge < -0.3 is 10.2 Å². The zero-order valence-corrected chi connectivity index (χ0v) is 9.58. The van der Waals surface area contributed by atoms with Gasteiger partial charge in [-0.1, -0.05) is 0 Å². The lowest BCUT2D eigenvalue weighted by molar-refractivity contribution is -0.143. The van der Waals surface area contributed by atoms with Crippen molar-refractivity contribution in [2.45, 2.75) is 25.9 Å². The van der Waals surface area contributed by atoms with Crippen LogP contribution >= 0.6 is 0 Å². The van der Waals surface area contributed by atoms with Crippen molar-refractivity contribution >= 4 is 5.91 Å². The van der Waals surface area contributed by atoms with Crippen molar-refractivity contribution in [2.75, 3.05) is 33.7 Å². The number of nitrogens with one attached hydrogen (secondary N) is 1. The zero-order chi connectivity index (χ0) is 10.7. The molecule has 14 heavy (non-hydrogen) atoms. The number of amides is 1. The number of piperazine rings is 1. The summed E-state index contributed by atoms with van der Waals surface area (Å²) < 4.78 is 0. The van der Waals surface area contributed by atoms with Crippen LogP contribution in [0.4, 0.5) is 0 Å². The van der Waals surface area contributed by atoms with E-state index in [0.717, 1.165) is 19.6 Å². The van der Waals surface area contributed by atoms with Crippen molar-refractivity contribution in [3.8, 4) is 0 Å². The Bertz CT molecular complexity index is 208. The summed E-state index contributed by atoms with van der Waals surface area (Å²) in [6.07, 6.45) is 0. The topological polar surface area (TPSA) is 35.6 Å². The number of carbonyl (C=O) groups excluding carboxylic acids is 1. The van der Waals surface area contributed by atoms with Gasteiger partial charge in [-0.15, -0.1) is 0 Å². The number of carbonyl (C=O) groups is 1. The van der Waals surface area contributed by atoms with E-state index < -0.39 is 0 Å². The summed E-state index contributed by atoms with van der Waals surface area (Å²) in [4.78, 5) is 16.1. The molecule has 0 radical (unpaired) electrons. The van der Waals surface area contributed by atoms with Crippen LogP contribution in [0.1, 0.15) is 13.8 Å². The third-order valence-electron chi connectivity index (χ3n) is 2.92. The molecule has 82 valence electrons. The summed E-state index contributed by atoms with van der Waals surface area (Å²) in [5.74, 6) is 0.253. The van der Waals surface area contributed by atoms with Gasteiger partial charge in [-0.25, -0.2) is 0 Å². The van der Waals surface area contributed by atoms with Gasteiger partial charge in [0.1, 0.15) is 6.04 Å². The largest absolute Gasteiger partial charge is 0.338 e. The number of rotatable bonds is 3. The summed E-state index contributed by atoms with van der Waals surface area (Å²) in [5, 5.41) is 3.07. The normalized spacial score (nSPS) is 29.7. The van der Waals surface area contributed by atoms with Crippen LogP contribution < -0.4 is 5.32 Å². The molecule has 1 aliphatic rings. The number of nitrogens with zero attached hydrogens (tertiary/aromatic N) is 2. The van der Waals surface area contributed by atoms with Crippen molar-refractivity contribution in [1.82, 2.24) is 15.1 Å². The van der Waals surface area contributed by atoms with Gasteiger partial charge in [0.2, 0.25) is 5.91 Å². The molecular formula is C10H21N3O. The van der Waals surface area contributed by atoms with Gasteiger partial charge in [-0.05, 0) is 27.9 Å². The van der Waals surface area contributed by atoms with Crippen LogP contribution in [-0.4, -0.2) is 61.5 Å². The molecule has 2 unspecified atom stereocenters. The molecule has 4 nitrogen and oxygen atoms in total. The fourth-order valence-electron chi connectivity index (χ4n) is 2.14. The highest BCUT2D eigenvalue weighted by molar-refractivity contribution is 5.83. The Kier molecular flexibility index (Phi) is 3.89. The quantitative estimate of drug-likeness (QED) is 0.681. The van der Waals surface area contributed by atoms with E-state index >= 15 is 0 Å². The van der Waals surface area contributed by atoms with Crippen molar-refractivity contribution in [1.29, 1.82) is 0 Å². The molecule has 1 heterocycles. The van der Waals surface area contributed by atoms with E-state index in [4.69, 9.17) is 0 Å². The van der Waals surface area contributed by atoms with E-state index in [2.05, 4.69) is 17.1 Å². The minimum absolute atomic E-state index is 0.0103. The molecule has 1 N–H and O–H groups in total. The third kappa shape index (κ3) is 2.07. The molecule has 1 amide bonds. The molecule has 0 saturated carbocycles. The minimum Gasteiger partial charge on any atom is -0.338 e. The standard InChI is InChI=1S/C10H21N3O/c1-5-13-8(2)7-12(4)9(6-11-3)10(13)14/h8-9,11H,5-7H2,1-4H3. The minimum atomic E-state index is 0.0103. The lowest BCUT2D eigenvalue weighted by Gasteiger charge is -2.42. The Morgan fingerprint density at radius 3 is 2.71 bits per heavy atom. The van der Waals surface area contributed by atoms with Crippen LogP contribution in [0.5, 0.6) is 0 Å². The first kappa shape index (κ1) is 11.5. The van der Waals surface area contributed by atoms with Crippen molar-refractivity contribution in [3.05, 3.63) is 0 Å². The molecule has 1 saturated heterocycles. The summed E-state index contributed by atoms with van der Waals surface area (Å²) in [6.45, 7) is 6.65. The average molecular weight is 199 g/mol. The Balaban J connectivity index is 2.72. The summed E-state index contributed by atoms with van der Waals surface area (Å²) >= 11 is 0. The van der Waals surface area contributed by atoms with Crippen LogP contribution in [0.3, 0.4) is 0 Å². The van der Waals surface area contributed by atoms with Gasteiger partial charge in [-0.3, -0.25) is 9.69 Å². The maximum Gasteiger partial charge on any atom is 0.241 e. The van der Waals surface area contributed by atoms with Crippen LogP contribution in [0.2, 0.25) is 0 Å². The zero-order valence-electron chi connectivity index (χ0n) is 9.58. The predicted octanol–water partition coefficient (Wildman–Crippen LogP) is -0.243. The van der Waals surface area contributed by atoms with E-state index in [1.165, 1.54) is 0 Å². The molecule has 1 rings (SSSR count). The lowest BCUT2D eigenvalue weighted by atomic mass is 10.1. The highest BCUT2D eigenvalue weighted by Crippen LogP contribution is 2.14. The lowest BCUT2D eigenvalue weighted by Crippen LogP contribution is -2.61. The van der Waals surface area contributed by atoms with Gasteiger partial charge in [0.25, 0.3) is 0 Å². The van der Waals surface area contributed by atoms with Crippen LogP contribution in [-0.2, 0) is 4.79 Å². The fraction of sp³-hybridized carbons (Fsp3) is 0.900. The van der Waals surface area contributed by atoms with E-state index in [-0.39, 0.29) is 11.9 Å². The van der Waals surface area contributed by atoms with Gasteiger partial charge in [-0.2, -0.15) is 0 Å². The maximum atomic E-state index is 12.0. The molecular weight excluding hydrogens is 178 g/mol. The summed E-state index contributed by atoms with van der Waals surface area (Å²) in [5.41, 5.74) is 0. The molecule has 0 aromatic rings. The van der Waals surface area contributed by atoms with E-state index in [0.29, 0.717) is 6.04 Å². The second kappa shape index (κ2) is 4.75. The number of hydrogen-bond acceptors (Lipinski definition) is 3. The third-order valence-corrected chi connectivity index (χ3v) is 2.92. The molecule has 1 fully saturated rings. The first-order valence-corrected chi connectivity index (χ1v) is 5.27. The maximum absolute atomic E-state index is 12.0. The molecule has 2 atom stereocenters. The van der Waals surface area contributed by atoms with Gasteiger partial charge in [0.15, 0.2) is 0 Å². The molecule has 0 aliphatic carbocycles. The highest BCUT2D eigenvalue weighted by Gasteiger charge is 2.35. The van der Waals surface area contributed by atoms with Crippen molar-refractivity contribution < 1.29 is 4.79 Å². The van der Waals surface area contributed by atoms with Crippen LogP contribution in [0.25, 0.3) is 0 Å². The predicted molar refractivity (Wildman–Crippen MR) is 57.2 cm³/mol. The number of hydrogen-bond donors (Lipinski definition) is 1. The Labute approximate surface area is 86.2 Å². The van der Waals surface area contributed by atoms with Crippen molar-refractivity contribution in [3.63, 3.8) is 0 Å². The van der Waals surface area contributed by atoms with E-state index in [1.807, 2.05) is 25.9 Å². The monoisotopic (exact) mass is 199 g/mol. The molecule has 0 spiro atoms. The Morgan fingerprint density at radius 1 is 1.57 bits per heavy atom. The van der Waals surface area contributed by atoms with E-state index in [1.54, 1.807) is 0 Å². The second-order valence-corrected chi connectivity index (χ2v) is 3.99. The molecule has 4 heteroatoms. The molecule has 0 aromatic carbocycles. The van der Waals surface area contributed by atoms with E-state index in [9.17, 15) is 4.79 Å². The first-order valence-electron chi connectivity index (χ1n) is 5.27. The average Bonchev–Trinajstić information content (AvgIpc) is 2.12. The van der Waals surface area contributed by atoms with Crippen molar-refractivity contribution in [2.24, 2.45) is 0 Å². The highest BCUT2D eigenvalue weighted by atomic mass is 16.2. The molecule has 0 aromatic heterocycles. The summed E-state index contributed by atoms with van der Waals surface area (Å²) in [7, 11) is 3.90. The van der Waals surface area contributed by atoms with Gasteiger partial charge >= 0.3 is 0 Å². The molecule has 0 bridgehead atoms. The second-order valence-electron chi connectivity index (χ2n) is 3.99. The van der Waals surface area contributed by atoms with Gasteiger partial charge in [0.05, 0.1) is 0 Å². The van der Waals surface area contributed by atoms with Crippen LogP contribution in [0, 0.1) is 0 Å². The van der Waals surface area contributed by atoms with Gasteiger partial charge in [0, 0.05) is 25.7 Å². The Morgan fingerprint density at radius 2 is 2.21 bits per heavy atom. The smallest absolute Gasteiger partial charge is 0.241 e. The molecule has 1 aliphatic heterocycles. The Hall–Kier alpha value is -0.610. The summed E-state index contributed by atoms with van der Waals surface area (Å²) in [6, 6.07) is 0.349. The SMILES string of the molecule is CCN1C(=O)C(CNC)N(C)CC1C.